The van der Waals surface area contributed by atoms with E-state index in [0.29, 0.717) is 11.5 Å². The van der Waals surface area contributed by atoms with Crippen LogP contribution in [0.3, 0.4) is 0 Å². The normalized spacial score (nSPS) is 13.8. The van der Waals surface area contributed by atoms with Gasteiger partial charge in [-0.3, -0.25) is 4.79 Å². The minimum absolute atomic E-state index is 0.143. The van der Waals surface area contributed by atoms with E-state index >= 15 is 0 Å². The van der Waals surface area contributed by atoms with Gasteiger partial charge in [-0.05, 0) is 82.8 Å². The quantitative estimate of drug-likeness (QED) is 0.524. The predicted octanol–water partition coefficient (Wildman–Crippen LogP) is 6.00. The molecule has 3 aromatic rings. The van der Waals surface area contributed by atoms with E-state index in [0.717, 1.165) is 39.1 Å². The van der Waals surface area contributed by atoms with Gasteiger partial charge in [-0.2, -0.15) is 0 Å². The Labute approximate surface area is 187 Å². The summed E-state index contributed by atoms with van der Waals surface area (Å²) in [4.78, 5) is 12.7. The third-order valence-corrected chi connectivity index (χ3v) is 5.44. The molecule has 1 aliphatic rings. The number of hydrogen-bond acceptors (Lipinski definition) is 3. The molecule has 1 N–H and O–H groups in total. The molecule has 0 saturated heterocycles. The van der Waals surface area contributed by atoms with Crippen LogP contribution in [0.15, 0.2) is 66.2 Å². The number of rotatable bonds is 6. The molecule has 0 spiro atoms. The fourth-order valence-electron chi connectivity index (χ4n) is 3.88. The first-order chi connectivity index (χ1) is 15.5. The second-order valence-electron chi connectivity index (χ2n) is 7.49. The number of para-hydroxylation sites is 1. The average Bonchev–Trinajstić information content (AvgIpc) is 3.04. The summed E-state index contributed by atoms with van der Waals surface area (Å²) in [5.74, 6) is 0.617. The number of benzene rings is 3. The van der Waals surface area contributed by atoms with E-state index in [1.54, 1.807) is 20.3 Å². The van der Waals surface area contributed by atoms with Crippen LogP contribution in [0.25, 0.3) is 17.2 Å². The number of hydrogen-bond donors (Lipinski definition) is 1. The van der Waals surface area contributed by atoms with Crippen LogP contribution < -0.4 is 14.8 Å². The maximum atomic E-state index is 14.1. The maximum absolute atomic E-state index is 14.1. The average molecular weight is 428 g/mol. The molecule has 0 heterocycles. The maximum Gasteiger partial charge on any atom is 0.228 e. The third kappa shape index (κ3) is 4.42. The van der Waals surface area contributed by atoms with Gasteiger partial charge in [0.15, 0.2) is 0 Å². The Balaban J connectivity index is 1.73. The number of halogens is 1. The van der Waals surface area contributed by atoms with Gasteiger partial charge in [-0.15, -0.1) is 0 Å². The third-order valence-electron chi connectivity index (χ3n) is 5.44. The van der Waals surface area contributed by atoms with E-state index in [2.05, 4.69) is 11.4 Å². The van der Waals surface area contributed by atoms with Crippen molar-refractivity contribution in [3.05, 3.63) is 94.8 Å². The van der Waals surface area contributed by atoms with E-state index in [-0.39, 0.29) is 18.1 Å². The first-order valence-corrected chi connectivity index (χ1v) is 10.2. The van der Waals surface area contributed by atoms with Crippen LogP contribution >= 0.6 is 0 Å². The summed E-state index contributed by atoms with van der Waals surface area (Å²) in [5.41, 5.74) is 5.87. The highest BCUT2D eigenvalue weighted by atomic mass is 19.1. The molecule has 5 heteroatoms. The van der Waals surface area contributed by atoms with Crippen LogP contribution in [-0.4, -0.2) is 20.1 Å². The fourth-order valence-corrected chi connectivity index (χ4v) is 3.88. The number of fused-ring (bicyclic) bond motifs is 1. The summed E-state index contributed by atoms with van der Waals surface area (Å²) in [6.07, 6.45) is 2.14. The van der Waals surface area contributed by atoms with Gasteiger partial charge in [0.2, 0.25) is 5.91 Å². The molecular weight excluding hydrogens is 405 g/mol. The van der Waals surface area contributed by atoms with Crippen molar-refractivity contribution in [1.82, 2.24) is 0 Å². The van der Waals surface area contributed by atoms with E-state index in [1.807, 2.05) is 55.5 Å². The minimum Gasteiger partial charge on any atom is -0.496 e. The number of carbonyl (C=O) groups is 1. The van der Waals surface area contributed by atoms with Crippen LogP contribution in [0.2, 0.25) is 0 Å². The number of methoxy groups -OCH3 is 2. The SMILES string of the molecule is COc1[c]c(OC)cc(/C=C2/C(C)=C(CC(=O)Nc3ccccc3)c3cc(F)ccc32)c1. The number of ether oxygens (including phenoxy) is 2. The van der Waals surface area contributed by atoms with Crippen molar-refractivity contribution in [3.63, 3.8) is 0 Å². The Kier molecular flexibility index (Phi) is 6.08. The molecule has 1 amide bonds. The van der Waals surface area contributed by atoms with Crippen molar-refractivity contribution < 1.29 is 18.7 Å². The van der Waals surface area contributed by atoms with Crippen molar-refractivity contribution in [3.8, 4) is 11.5 Å². The Hall–Kier alpha value is -3.86. The molecule has 1 radical (unpaired) electrons. The summed E-state index contributed by atoms with van der Waals surface area (Å²) in [7, 11) is 3.15. The van der Waals surface area contributed by atoms with Crippen LogP contribution in [0, 0.1) is 11.9 Å². The van der Waals surface area contributed by atoms with Crippen molar-refractivity contribution >= 4 is 28.8 Å². The Morgan fingerprint density at radius 2 is 1.69 bits per heavy atom. The van der Waals surface area contributed by atoms with Crippen molar-refractivity contribution in [2.24, 2.45) is 0 Å². The summed E-state index contributed by atoms with van der Waals surface area (Å²) < 4.78 is 24.8. The monoisotopic (exact) mass is 428 g/mol. The molecule has 1 aliphatic carbocycles. The number of nitrogens with one attached hydrogen (secondary N) is 1. The lowest BCUT2D eigenvalue weighted by molar-refractivity contribution is -0.115. The zero-order valence-corrected chi connectivity index (χ0v) is 18.2. The number of amides is 1. The molecule has 3 aromatic carbocycles. The zero-order valence-electron chi connectivity index (χ0n) is 18.2. The van der Waals surface area contributed by atoms with Crippen molar-refractivity contribution in [2.75, 3.05) is 19.5 Å². The van der Waals surface area contributed by atoms with Crippen LogP contribution in [0.4, 0.5) is 10.1 Å². The standard InChI is InChI=1S/C27H23FNO3/c1-17-24(13-18-11-21(31-2)15-22(12-18)32-3)23-10-9-19(28)14-26(23)25(17)16-27(30)29-20-7-5-4-6-8-20/h4-14H,16H2,1-3H3,(H,29,30)/b24-13-. The second kappa shape index (κ2) is 9.10. The molecule has 0 bridgehead atoms. The summed E-state index contributed by atoms with van der Waals surface area (Å²) >= 11 is 0. The lowest BCUT2D eigenvalue weighted by atomic mass is 10.0. The molecule has 0 atom stereocenters. The molecule has 4 nitrogen and oxygen atoms in total. The molecule has 0 fully saturated rings. The molecule has 32 heavy (non-hydrogen) atoms. The summed E-state index contributed by atoms with van der Waals surface area (Å²) in [6.45, 7) is 1.96. The highest BCUT2D eigenvalue weighted by molar-refractivity contribution is 6.09. The van der Waals surface area contributed by atoms with Gasteiger partial charge >= 0.3 is 0 Å². The molecule has 4 rings (SSSR count). The van der Waals surface area contributed by atoms with Gasteiger partial charge in [0, 0.05) is 5.69 Å². The summed E-state index contributed by atoms with van der Waals surface area (Å²) in [5, 5.41) is 2.91. The first-order valence-electron chi connectivity index (χ1n) is 10.2. The molecule has 161 valence electrons. The highest BCUT2D eigenvalue weighted by Gasteiger charge is 2.26. The molecule has 0 unspecified atom stereocenters. The van der Waals surface area contributed by atoms with Crippen LogP contribution in [0.1, 0.15) is 30.0 Å². The van der Waals surface area contributed by atoms with Crippen LogP contribution in [0.5, 0.6) is 11.5 Å². The van der Waals surface area contributed by atoms with Gasteiger partial charge in [0.1, 0.15) is 17.3 Å². The van der Waals surface area contributed by atoms with Gasteiger partial charge < -0.3 is 14.8 Å². The number of allylic oxidation sites excluding steroid dienone is 2. The molecule has 0 aliphatic heterocycles. The minimum atomic E-state index is -0.337. The van der Waals surface area contributed by atoms with Crippen LogP contribution in [-0.2, 0) is 4.79 Å². The lowest BCUT2D eigenvalue weighted by Gasteiger charge is -2.08. The highest BCUT2D eigenvalue weighted by Crippen LogP contribution is 2.44. The molecule has 0 aromatic heterocycles. The van der Waals surface area contributed by atoms with E-state index in [4.69, 9.17) is 9.47 Å². The topological polar surface area (TPSA) is 47.6 Å². The molecule has 0 saturated carbocycles. The smallest absolute Gasteiger partial charge is 0.228 e. The van der Waals surface area contributed by atoms with Gasteiger partial charge in [-0.25, -0.2) is 4.39 Å². The fraction of sp³-hybridized carbons (Fsp3) is 0.148. The largest absolute Gasteiger partial charge is 0.496 e. The first kappa shape index (κ1) is 21.4. The zero-order chi connectivity index (χ0) is 22.7. The lowest BCUT2D eigenvalue weighted by Crippen LogP contribution is -2.11. The Morgan fingerprint density at radius 3 is 2.34 bits per heavy atom. The predicted molar refractivity (Wildman–Crippen MR) is 125 cm³/mol. The Morgan fingerprint density at radius 1 is 1.00 bits per heavy atom. The van der Waals surface area contributed by atoms with Crippen molar-refractivity contribution in [1.29, 1.82) is 0 Å². The molecular formula is C27H23FNO3. The van der Waals surface area contributed by atoms with Crippen molar-refractivity contribution in [2.45, 2.75) is 13.3 Å². The summed E-state index contributed by atoms with van der Waals surface area (Å²) in [6, 6.07) is 20.7. The number of carbonyl (C=O) groups excluding carboxylic acids is 1. The number of anilines is 1. The van der Waals surface area contributed by atoms with E-state index in [9.17, 15) is 9.18 Å². The Bertz CT molecular complexity index is 1210. The van der Waals surface area contributed by atoms with E-state index < -0.39 is 0 Å². The van der Waals surface area contributed by atoms with Gasteiger partial charge in [0.05, 0.1) is 26.7 Å². The van der Waals surface area contributed by atoms with E-state index in [1.165, 1.54) is 12.1 Å². The second-order valence-corrected chi connectivity index (χ2v) is 7.49. The van der Waals surface area contributed by atoms with Gasteiger partial charge in [0.25, 0.3) is 0 Å². The van der Waals surface area contributed by atoms with Gasteiger partial charge in [-0.1, -0.05) is 24.3 Å².